The minimum absolute atomic E-state index is 0.0420. The summed E-state index contributed by atoms with van der Waals surface area (Å²) >= 11 is 3.44. The van der Waals surface area contributed by atoms with E-state index in [0.717, 1.165) is 16.6 Å². The van der Waals surface area contributed by atoms with E-state index in [2.05, 4.69) is 31.2 Å². The van der Waals surface area contributed by atoms with Gasteiger partial charge in [-0.2, -0.15) is 10.2 Å². The summed E-state index contributed by atoms with van der Waals surface area (Å²) < 4.78 is 1.97. The zero-order valence-electron chi connectivity index (χ0n) is 15.0. The van der Waals surface area contributed by atoms with Gasteiger partial charge in [-0.15, -0.1) is 5.10 Å². The molecular weight excluding hydrogens is 460 g/mol. The first-order valence-electron chi connectivity index (χ1n) is 8.17. The Bertz CT molecular complexity index is 1200. The number of benzene rings is 2. The Hall–Kier alpha value is -4.13. The topological polar surface area (TPSA) is 181 Å². The maximum Gasteiger partial charge on any atom is 0.301 e. The Kier molecular flexibility index (Phi) is 5.83. The Labute approximate surface area is 176 Å². The molecule has 0 aliphatic rings. The van der Waals surface area contributed by atoms with E-state index in [4.69, 9.17) is 11.5 Å². The van der Waals surface area contributed by atoms with Gasteiger partial charge in [0.1, 0.15) is 11.4 Å². The number of guanidine groups is 1. The summed E-state index contributed by atoms with van der Waals surface area (Å²) in [5, 5.41) is 34.2. The molecule has 0 amide bonds. The van der Waals surface area contributed by atoms with Crippen LogP contribution in [0, 0.1) is 20.2 Å². The van der Waals surface area contributed by atoms with Crippen molar-refractivity contribution < 1.29 is 9.85 Å². The van der Waals surface area contributed by atoms with Crippen LogP contribution in [0.25, 0.3) is 16.9 Å². The molecule has 2 aromatic carbocycles. The average Bonchev–Trinajstić information content (AvgIpc) is 3.11. The van der Waals surface area contributed by atoms with Crippen LogP contribution in [0.3, 0.4) is 0 Å². The van der Waals surface area contributed by atoms with E-state index in [1.165, 1.54) is 23.2 Å². The van der Waals surface area contributed by atoms with Crippen molar-refractivity contribution in [3.8, 4) is 16.9 Å². The Morgan fingerprint density at radius 1 is 1.13 bits per heavy atom. The molecule has 0 radical (unpaired) electrons. The molecule has 1 aromatic heterocycles. The van der Waals surface area contributed by atoms with Gasteiger partial charge in [-0.1, -0.05) is 34.1 Å². The smallest absolute Gasteiger partial charge is 0.301 e. The molecule has 0 atom stereocenters. The van der Waals surface area contributed by atoms with Crippen molar-refractivity contribution in [1.82, 2.24) is 9.78 Å². The van der Waals surface area contributed by atoms with E-state index >= 15 is 0 Å². The number of nitro benzene ring substituents is 2. The van der Waals surface area contributed by atoms with Crippen LogP contribution in [-0.4, -0.2) is 31.8 Å². The third kappa shape index (κ3) is 4.30. The molecule has 0 bridgehead atoms. The molecule has 0 unspecified atom stereocenters. The summed E-state index contributed by atoms with van der Waals surface area (Å²) in [6.45, 7) is 0. The summed E-state index contributed by atoms with van der Waals surface area (Å²) in [5.74, 6) is -0.243. The molecule has 0 aliphatic carbocycles. The highest BCUT2D eigenvalue weighted by molar-refractivity contribution is 9.10. The molecule has 0 saturated carbocycles. The largest absolute Gasteiger partial charge is 0.369 e. The fourth-order valence-electron chi connectivity index (χ4n) is 2.59. The van der Waals surface area contributed by atoms with Gasteiger partial charge in [0, 0.05) is 27.9 Å². The van der Waals surface area contributed by atoms with E-state index in [1.54, 1.807) is 18.2 Å². The number of aromatic nitrogens is 2. The molecule has 30 heavy (non-hydrogen) atoms. The lowest BCUT2D eigenvalue weighted by Crippen LogP contribution is -2.21. The average molecular weight is 473 g/mol. The number of halogens is 1. The van der Waals surface area contributed by atoms with Crippen molar-refractivity contribution in [2.24, 2.45) is 21.7 Å². The first-order chi connectivity index (χ1) is 14.3. The van der Waals surface area contributed by atoms with Crippen LogP contribution in [-0.2, 0) is 0 Å². The lowest BCUT2D eigenvalue weighted by Gasteiger charge is -2.04. The lowest BCUT2D eigenvalue weighted by molar-refractivity contribution is -0.394. The van der Waals surface area contributed by atoms with Gasteiger partial charge in [-0.25, -0.2) is 4.68 Å². The highest BCUT2D eigenvalue weighted by atomic mass is 79.9. The van der Waals surface area contributed by atoms with Crippen molar-refractivity contribution in [2.75, 3.05) is 0 Å². The molecule has 1 heterocycles. The molecule has 3 rings (SSSR count). The molecule has 13 heteroatoms. The SMILES string of the molecule is NC(N)=N/N=C/c1cn(-c2ccc([N+](=O)[O-])cc2[N+](=O)[O-])nc1-c1ccccc1Br. The highest BCUT2D eigenvalue weighted by Gasteiger charge is 2.23. The zero-order chi connectivity index (χ0) is 21.8. The molecule has 3 aromatic rings. The Morgan fingerprint density at radius 3 is 2.50 bits per heavy atom. The minimum atomic E-state index is -0.713. The molecule has 0 spiro atoms. The number of hydrogen-bond donors (Lipinski definition) is 2. The van der Waals surface area contributed by atoms with Crippen molar-refractivity contribution >= 4 is 39.5 Å². The maximum atomic E-state index is 11.5. The highest BCUT2D eigenvalue weighted by Crippen LogP contribution is 2.32. The van der Waals surface area contributed by atoms with Crippen LogP contribution in [0.1, 0.15) is 5.56 Å². The van der Waals surface area contributed by atoms with E-state index in [1.807, 2.05) is 6.07 Å². The van der Waals surface area contributed by atoms with Crippen LogP contribution < -0.4 is 11.5 Å². The Balaban J connectivity index is 2.21. The monoisotopic (exact) mass is 472 g/mol. The van der Waals surface area contributed by atoms with Crippen molar-refractivity contribution in [3.05, 3.63) is 78.9 Å². The van der Waals surface area contributed by atoms with Gasteiger partial charge in [0.25, 0.3) is 5.69 Å². The molecule has 12 nitrogen and oxygen atoms in total. The Morgan fingerprint density at radius 2 is 1.87 bits per heavy atom. The van der Waals surface area contributed by atoms with E-state index in [9.17, 15) is 20.2 Å². The number of rotatable bonds is 6. The molecule has 0 fully saturated rings. The standard InChI is InChI=1S/C17H13BrN8O4/c18-13-4-2-1-3-12(13)16-10(8-21-22-17(19)20)9-24(23-16)14-6-5-11(25(27)28)7-15(14)26(29)30/h1-9H,(H4,19,20,22)/b21-8+. The van der Waals surface area contributed by atoms with Gasteiger partial charge < -0.3 is 11.5 Å². The lowest BCUT2D eigenvalue weighted by atomic mass is 10.1. The van der Waals surface area contributed by atoms with Gasteiger partial charge in [-0.05, 0) is 12.1 Å². The second-order valence-corrected chi connectivity index (χ2v) is 6.67. The normalized spacial score (nSPS) is 10.8. The minimum Gasteiger partial charge on any atom is -0.369 e. The maximum absolute atomic E-state index is 11.5. The van der Waals surface area contributed by atoms with Crippen molar-refractivity contribution in [1.29, 1.82) is 0 Å². The predicted molar refractivity (Wildman–Crippen MR) is 113 cm³/mol. The van der Waals surface area contributed by atoms with Crippen LogP contribution >= 0.6 is 15.9 Å². The summed E-state index contributed by atoms with van der Waals surface area (Å²) in [7, 11) is 0. The number of non-ortho nitro benzene ring substituents is 1. The van der Waals surface area contributed by atoms with Crippen molar-refractivity contribution in [3.63, 3.8) is 0 Å². The summed E-state index contributed by atoms with van der Waals surface area (Å²) in [4.78, 5) is 21.1. The van der Waals surface area contributed by atoms with Gasteiger partial charge >= 0.3 is 5.69 Å². The number of nitrogens with two attached hydrogens (primary N) is 2. The van der Waals surface area contributed by atoms with Crippen LogP contribution in [0.2, 0.25) is 0 Å². The second kappa shape index (κ2) is 8.48. The molecule has 152 valence electrons. The summed E-state index contributed by atoms with van der Waals surface area (Å²) in [6, 6.07) is 10.5. The van der Waals surface area contributed by atoms with Gasteiger partial charge in [0.15, 0.2) is 0 Å². The number of nitrogens with zero attached hydrogens (tertiary/aromatic N) is 6. The predicted octanol–water partition coefficient (Wildman–Crippen LogP) is 2.73. The molecule has 4 N–H and O–H groups in total. The summed E-state index contributed by atoms with van der Waals surface area (Å²) in [5.41, 5.74) is 11.3. The van der Waals surface area contributed by atoms with Crippen molar-refractivity contribution in [2.45, 2.75) is 0 Å². The van der Waals surface area contributed by atoms with Crippen LogP contribution in [0.4, 0.5) is 11.4 Å². The fraction of sp³-hybridized carbons (Fsp3) is 0. The van der Waals surface area contributed by atoms with Gasteiger partial charge in [-0.3, -0.25) is 20.2 Å². The van der Waals surface area contributed by atoms with E-state index < -0.39 is 21.2 Å². The van der Waals surface area contributed by atoms with E-state index in [0.29, 0.717) is 16.8 Å². The quantitative estimate of drug-likeness (QED) is 0.239. The van der Waals surface area contributed by atoms with Crippen LogP contribution in [0.5, 0.6) is 0 Å². The van der Waals surface area contributed by atoms with Gasteiger partial charge in [0.05, 0.1) is 22.1 Å². The zero-order valence-corrected chi connectivity index (χ0v) is 16.6. The van der Waals surface area contributed by atoms with Crippen LogP contribution in [0.15, 0.2) is 63.3 Å². The summed E-state index contributed by atoms with van der Waals surface area (Å²) in [6.07, 6.45) is 2.82. The number of hydrogen-bond acceptors (Lipinski definition) is 7. The first-order valence-corrected chi connectivity index (χ1v) is 8.97. The molecule has 0 aliphatic heterocycles. The fourth-order valence-corrected chi connectivity index (χ4v) is 3.06. The third-order valence-electron chi connectivity index (χ3n) is 3.85. The first kappa shape index (κ1) is 20.6. The molecule has 0 saturated heterocycles. The number of nitro groups is 2. The van der Waals surface area contributed by atoms with E-state index in [-0.39, 0.29) is 11.6 Å². The third-order valence-corrected chi connectivity index (χ3v) is 4.55. The second-order valence-electron chi connectivity index (χ2n) is 5.81. The molecular formula is C17H13BrN8O4. The van der Waals surface area contributed by atoms with Gasteiger partial charge in [0.2, 0.25) is 5.96 Å².